The summed E-state index contributed by atoms with van der Waals surface area (Å²) < 4.78 is 6.69. The van der Waals surface area contributed by atoms with Gasteiger partial charge in [0.05, 0.1) is 0 Å². The van der Waals surface area contributed by atoms with E-state index in [4.69, 9.17) is 0 Å². The van der Waals surface area contributed by atoms with Crippen molar-refractivity contribution in [2.24, 2.45) is 0 Å². The van der Waals surface area contributed by atoms with Crippen molar-refractivity contribution in [1.82, 2.24) is 30.0 Å². The number of hydrogen-bond acceptors (Lipinski definition) is 4. The molecule has 6 nitrogen and oxygen atoms in total. The van der Waals surface area contributed by atoms with Gasteiger partial charge in [0.15, 0.2) is 0 Å². The van der Waals surface area contributed by atoms with E-state index < -0.39 is 0 Å². The Kier molecular flexibility index (Phi) is 7.27. The van der Waals surface area contributed by atoms with E-state index in [1.165, 1.54) is 8.92 Å². The first-order chi connectivity index (χ1) is 14.3. The van der Waals surface area contributed by atoms with Crippen LogP contribution in [0, 0.1) is 0 Å². The first-order valence-electron chi connectivity index (χ1n) is 9.49. The van der Waals surface area contributed by atoms with Crippen molar-refractivity contribution >= 4 is 38.8 Å². The molecule has 148 valence electrons. The van der Waals surface area contributed by atoms with Crippen molar-refractivity contribution in [1.29, 1.82) is 0 Å². The van der Waals surface area contributed by atoms with Crippen LogP contribution >= 0.6 is 0 Å². The minimum absolute atomic E-state index is 0.381. The molecule has 0 bridgehead atoms. The zero-order chi connectivity index (χ0) is 19.7. The Morgan fingerprint density at radius 3 is 1.52 bits per heavy atom. The first-order valence-corrected chi connectivity index (χ1v) is 13.6. The molecular weight excluding hydrogens is 494 g/mol. The fourth-order valence-electron chi connectivity index (χ4n) is 2.80. The zero-order valence-corrected chi connectivity index (χ0v) is 19.4. The summed E-state index contributed by atoms with van der Waals surface area (Å²) in [5.41, 5.74) is 3.94. The fourth-order valence-corrected chi connectivity index (χ4v) is 5.97. The molecule has 0 fully saturated rings. The number of aromatic nitrogens is 6. The monoisotopic (exact) mass is 518 g/mol. The van der Waals surface area contributed by atoms with Crippen LogP contribution in [0.25, 0.3) is 0 Å². The average molecular weight is 516 g/mol. The predicted molar refractivity (Wildman–Crippen MR) is 116 cm³/mol. The van der Waals surface area contributed by atoms with Crippen LogP contribution in [-0.2, 0) is 23.7 Å². The van der Waals surface area contributed by atoms with Gasteiger partial charge in [-0.2, -0.15) is 0 Å². The summed E-state index contributed by atoms with van der Waals surface area (Å²) in [6, 6.07) is 21.1. The Hall–Kier alpha value is -2.24. The van der Waals surface area contributed by atoms with Crippen LogP contribution in [0.2, 0.25) is 0 Å². The molecule has 0 spiro atoms. The van der Waals surface area contributed by atoms with Crippen molar-refractivity contribution in [3.05, 3.63) is 84.4 Å². The normalized spacial score (nSPS) is 11.0. The summed E-state index contributed by atoms with van der Waals surface area (Å²) >= 11 is 0.762. The van der Waals surface area contributed by atoms with E-state index in [0.29, 0.717) is 29.9 Å². The Morgan fingerprint density at radius 2 is 1.07 bits per heavy atom. The molecule has 2 heterocycles. The van der Waals surface area contributed by atoms with E-state index >= 15 is 0 Å². The van der Waals surface area contributed by atoms with Gasteiger partial charge in [-0.1, -0.05) is 0 Å². The molecule has 4 aromatic rings. The molecule has 0 aliphatic carbocycles. The summed E-state index contributed by atoms with van der Waals surface area (Å²) in [6.45, 7) is 0. The summed E-state index contributed by atoms with van der Waals surface area (Å²) in [5, 5.41) is 17.2. The van der Waals surface area contributed by atoms with E-state index in [0.717, 1.165) is 41.5 Å². The summed E-state index contributed by atoms with van der Waals surface area (Å²) in [5.74, 6) is 0. The van der Waals surface area contributed by atoms with Gasteiger partial charge in [0, 0.05) is 0 Å². The molecule has 0 aliphatic heterocycles. The first kappa shape index (κ1) is 20.0. The van der Waals surface area contributed by atoms with Gasteiger partial charge in [-0.05, 0) is 0 Å². The molecule has 0 aliphatic rings. The van der Waals surface area contributed by atoms with Gasteiger partial charge in [-0.3, -0.25) is 0 Å². The summed E-state index contributed by atoms with van der Waals surface area (Å²) in [7, 11) is 0. The topological polar surface area (TPSA) is 61.4 Å². The van der Waals surface area contributed by atoms with Gasteiger partial charge >= 0.3 is 183 Å². The third kappa shape index (κ3) is 6.37. The number of aryl methyl sites for hydroxylation is 2. The molecule has 0 saturated carbocycles. The third-order valence-electron chi connectivity index (χ3n) is 4.25. The van der Waals surface area contributed by atoms with Gasteiger partial charge in [0.25, 0.3) is 0 Å². The molecule has 29 heavy (non-hydrogen) atoms. The van der Waals surface area contributed by atoms with E-state index in [2.05, 4.69) is 93.7 Å². The maximum absolute atomic E-state index is 4.31. The average Bonchev–Trinajstić information content (AvgIpc) is 3.42. The second kappa shape index (κ2) is 10.5. The molecule has 4 rings (SSSR count). The van der Waals surface area contributed by atoms with Crippen LogP contribution in [-0.4, -0.2) is 59.9 Å². The SMILES string of the molecule is c1ccc([Se]Cn2cc(CCCc3cn(C[Se]c4ccccc4)nn3)nn2)cc1. The molecule has 0 unspecified atom stereocenters. The maximum atomic E-state index is 4.31. The van der Waals surface area contributed by atoms with E-state index in [1.54, 1.807) is 0 Å². The summed E-state index contributed by atoms with van der Waals surface area (Å²) in [6.07, 6.45) is 6.98. The molecule has 2 aromatic heterocycles. The van der Waals surface area contributed by atoms with Gasteiger partial charge in [-0.25, -0.2) is 0 Å². The third-order valence-corrected chi connectivity index (χ3v) is 8.44. The van der Waals surface area contributed by atoms with Crippen LogP contribution < -0.4 is 8.92 Å². The molecule has 8 heteroatoms. The van der Waals surface area contributed by atoms with Gasteiger partial charge in [0.1, 0.15) is 0 Å². The van der Waals surface area contributed by atoms with E-state index in [1.807, 2.05) is 9.36 Å². The van der Waals surface area contributed by atoms with Crippen molar-refractivity contribution in [2.75, 3.05) is 0 Å². The van der Waals surface area contributed by atoms with Crippen molar-refractivity contribution in [2.45, 2.75) is 30.1 Å². The van der Waals surface area contributed by atoms with Crippen LogP contribution in [0.3, 0.4) is 0 Å². The predicted octanol–water partition coefficient (Wildman–Crippen LogP) is 1.02. The Morgan fingerprint density at radius 1 is 0.621 bits per heavy atom. The van der Waals surface area contributed by atoms with Gasteiger partial charge < -0.3 is 0 Å². The van der Waals surface area contributed by atoms with Crippen LogP contribution in [0.5, 0.6) is 0 Å². The number of nitrogens with zero attached hydrogens (tertiary/aromatic N) is 6. The van der Waals surface area contributed by atoms with Gasteiger partial charge in [-0.15, -0.1) is 0 Å². The van der Waals surface area contributed by atoms with E-state index in [-0.39, 0.29) is 0 Å². The van der Waals surface area contributed by atoms with Crippen molar-refractivity contribution in [3.8, 4) is 0 Å². The minimum atomic E-state index is 0.381. The van der Waals surface area contributed by atoms with Crippen molar-refractivity contribution in [3.63, 3.8) is 0 Å². The quantitative estimate of drug-likeness (QED) is 0.296. The van der Waals surface area contributed by atoms with E-state index in [9.17, 15) is 0 Å². The second-order valence-electron chi connectivity index (χ2n) is 6.53. The zero-order valence-electron chi connectivity index (χ0n) is 16.0. The fraction of sp³-hybridized carbons (Fsp3) is 0.238. The van der Waals surface area contributed by atoms with Crippen LogP contribution in [0.15, 0.2) is 73.1 Å². The number of rotatable bonds is 10. The Balaban J connectivity index is 1.19. The van der Waals surface area contributed by atoms with Crippen molar-refractivity contribution < 1.29 is 0 Å². The van der Waals surface area contributed by atoms with Crippen LogP contribution in [0.1, 0.15) is 17.8 Å². The second-order valence-corrected chi connectivity index (χ2v) is 10.8. The summed E-state index contributed by atoms with van der Waals surface area (Å²) in [4.78, 5) is 0. The van der Waals surface area contributed by atoms with Crippen LogP contribution in [0.4, 0.5) is 0 Å². The molecule has 2 aromatic carbocycles. The number of hydrogen-bond donors (Lipinski definition) is 0. The number of benzene rings is 2. The molecule has 0 radical (unpaired) electrons. The molecule has 0 atom stereocenters. The molecular formula is C21H22N6Se2. The van der Waals surface area contributed by atoms with Gasteiger partial charge in [0.2, 0.25) is 0 Å². The Labute approximate surface area is 183 Å². The molecule has 0 saturated heterocycles. The molecule has 0 amide bonds. The molecule has 0 N–H and O–H groups in total. The Bertz CT molecular complexity index is 918. The standard InChI is InChI=1S/C21H22N6Se2/c1-3-10-20(11-4-1)28-16-26-14-18(22-24-26)8-7-9-19-15-27(25-23-19)17-29-21-12-5-2-6-13-21/h1-6,10-15H,7-9,16-17H2.